The van der Waals surface area contributed by atoms with Crippen molar-refractivity contribution < 1.29 is 27.8 Å². The Balaban J connectivity index is 0.00000196. The minimum absolute atomic E-state index is 0. The molecule has 1 unspecified atom stereocenters. The zero-order chi connectivity index (χ0) is 10.8. The first-order valence-corrected chi connectivity index (χ1v) is 4.02. The van der Waals surface area contributed by atoms with Crippen LogP contribution in [-0.4, -0.2) is 54.5 Å². The van der Waals surface area contributed by atoms with Crippen molar-refractivity contribution in [3.8, 4) is 0 Å². The SMILES string of the molecule is Cl.O=C(O)CN1CCOC(C(F)(F)F)C1. The molecule has 8 heteroatoms. The van der Waals surface area contributed by atoms with Gasteiger partial charge >= 0.3 is 12.1 Å². The van der Waals surface area contributed by atoms with E-state index in [1.807, 2.05) is 0 Å². The Kier molecular flexibility index (Phi) is 5.33. The molecule has 1 saturated heterocycles. The highest BCUT2D eigenvalue weighted by molar-refractivity contribution is 5.85. The molecule has 1 heterocycles. The first-order chi connectivity index (χ1) is 6.39. The number of morpholine rings is 1. The summed E-state index contributed by atoms with van der Waals surface area (Å²) in [4.78, 5) is 11.5. The molecule has 0 aromatic carbocycles. The van der Waals surface area contributed by atoms with Crippen LogP contribution >= 0.6 is 12.4 Å². The van der Waals surface area contributed by atoms with Crippen LogP contribution in [0.25, 0.3) is 0 Å². The number of rotatable bonds is 2. The number of carboxylic acids is 1. The summed E-state index contributed by atoms with van der Waals surface area (Å²) in [5, 5.41) is 8.39. The molecule has 0 aromatic rings. The molecular weight excluding hydrogens is 239 g/mol. The fourth-order valence-corrected chi connectivity index (χ4v) is 1.24. The third kappa shape index (κ3) is 4.67. The molecule has 15 heavy (non-hydrogen) atoms. The van der Waals surface area contributed by atoms with Crippen LogP contribution < -0.4 is 0 Å². The van der Waals surface area contributed by atoms with Crippen LogP contribution in [0.5, 0.6) is 0 Å². The highest BCUT2D eigenvalue weighted by Crippen LogP contribution is 2.25. The number of hydrogen-bond donors (Lipinski definition) is 1. The molecule has 0 aliphatic carbocycles. The molecule has 0 bridgehead atoms. The summed E-state index contributed by atoms with van der Waals surface area (Å²) in [6.45, 7) is -0.651. The van der Waals surface area contributed by atoms with E-state index in [0.29, 0.717) is 0 Å². The second kappa shape index (κ2) is 5.53. The molecule has 0 radical (unpaired) electrons. The van der Waals surface area contributed by atoms with Crippen molar-refractivity contribution in [2.45, 2.75) is 12.3 Å². The van der Waals surface area contributed by atoms with Gasteiger partial charge in [-0.2, -0.15) is 13.2 Å². The number of aliphatic carboxylic acids is 1. The first kappa shape index (κ1) is 14.5. The molecule has 0 amide bonds. The number of halogens is 4. The summed E-state index contributed by atoms with van der Waals surface area (Å²) < 4.78 is 41.0. The van der Waals surface area contributed by atoms with E-state index >= 15 is 0 Å². The van der Waals surface area contributed by atoms with Gasteiger partial charge in [-0.25, -0.2) is 0 Å². The van der Waals surface area contributed by atoms with Gasteiger partial charge in [0.2, 0.25) is 0 Å². The lowest BCUT2D eigenvalue weighted by atomic mass is 10.2. The van der Waals surface area contributed by atoms with Crippen LogP contribution in [0.1, 0.15) is 0 Å². The van der Waals surface area contributed by atoms with Crippen molar-refractivity contribution in [1.29, 1.82) is 0 Å². The zero-order valence-corrected chi connectivity index (χ0v) is 8.48. The number of hydrogen-bond acceptors (Lipinski definition) is 3. The lowest BCUT2D eigenvalue weighted by Gasteiger charge is -2.32. The maximum Gasteiger partial charge on any atom is 0.415 e. The second-order valence-corrected chi connectivity index (χ2v) is 3.03. The van der Waals surface area contributed by atoms with Crippen LogP contribution in [0, 0.1) is 0 Å². The number of alkyl halides is 3. The Hall–Kier alpha value is -0.530. The number of carboxylic acid groups (broad SMARTS) is 1. The van der Waals surface area contributed by atoms with Crippen LogP contribution in [-0.2, 0) is 9.53 Å². The van der Waals surface area contributed by atoms with E-state index in [1.165, 1.54) is 4.90 Å². The third-order valence-electron chi connectivity index (χ3n) is 1.87. The van der Waals surface area contributed by atoms with Gasteiger partial charge in [-0.15, -0.1) is 12.4 Å². The highest BCUT2D eigenvalue weighted by Gasteiger charge is 2.43. The molecule has 90 valence electrons. The molecule has 0 spiro atoms. The van der Waals surface area contributed by atoms with E-state index in [9.17, 15) is 18.0 Å². The third-order valence-corrected chi connectivity index (χ3v) is 1.87. The molecule has 0 saturated carbocycles. The van der Waals surface area contributed by atoms with E-state index in [4.69, 9.17) is 5.11 Å². The number of carbonyl (C=O) groups is 1. The van der Waals surface area contributed by atoms with Gasteiger partial charge in [0.15, 0.2) is 6.10 Å². The summed E-state index contributed by atoms with van der Waals surface area (Å²) in [7, 11) is 0. The van der Waals surface area contributed by atoms with Gasteiger partial charge in [-0.3, -0.25) is 9.69 Å². The van der Waals surface area contributed by atoms with E-state index in [1.54, 1.807) is 0 Å². The summed E-state index contributed by atoms with van der Waals surface area (Å²) >= 11 is 0. The van der Waals surface area contributed by atoms with Crippen LogP contribution in [0.2, 0.25) is 0 Å². The Bertz CT molecular complexity index is 224. The maximum absolute atomic E-state index is 12.2. The van der Waals surface area contributed by atoms with Gasteiger partial charge in [-0.05, 0) is 0 Å². The quantitative estimate of drug-likeness (QED) is 0.785. The molecule has 1 aliphatic rings. The predicted molar refractivity (Wildman–Crippen MR) is 47.1 cm³/mol. The van der Waals surface area contributed by atoms with Crippen molar-refractivity contribution in [1.82, 2.24) is 4.90 Å². The first-order valence-electron chi connectivity index (χ1n) is 4.02. The predicted octanol–water partition coefficient (Wildman–Crippen LogP) is 0.756. The fourth-order valence-electron chi connectivity index (χ4n) is 1.24. The zero-order valence-electron chi connectivity index (χ0n) is 7.66. The second-order valence-electron chi connectivity index (χ2n) is 3.03. The molecular formula is C7H11ClF3NO3. The monoisotopic (exact) mass is 249 g/mol. The molecule has 1 aliphatic heterocycles. The summed E-state index contributed by atoms with van der Waals surface area (Å²) in [6, 6.07) is 0. The lowest BCUT2D eigenvalue weighted by molar-refractivity contribution is -0.237. The minimum Gasteiger partial charge on any atom is -0.480 e. The van der Waals surface area contributed by atoms with Gasteiger partial charge < -0.3 is 9.84 Å². The fraction of sp³-hybridized carbons (Fsp3) is 0.857. The van der Waals surface area contributed by atoms with E-state index in [-0.39, 0.29) is 32.1 Å². The summed E-state index contributed by atoms with van der Waals surface area (Å²) in [5.41, 5.74) is 0. The Morgan fingerprint density at radius 3 is 2.60 bits per heavy atom. The average Bonchev–Trinajstić information content (AvgIpc) is 2.01. The standard InChI is InChI=1S/C7H10F3NO3.ClH/c8-7(9,10)5-3-11(1-2-14-5)4-6(12)13;/h5H,1-4H2,(H,12,13);1H. The van der Waals surface area contributed by atoms with E-state index in [2.05, 4.69) is 4.74 Å². The molecule has 4 nitrogen and oxygen atoms in total. The van der Waals surface area contributed by atoms with Crippen molar-refractivity contribution in [3.63, 3.8) is 0 Å². The van der Waals surface area contributed by atoms with E-state index < -0.39 is 24.8 Å². The van der Waals surface area contributed by atoms with Crippen LogP contribution in [0.4, 0.5) is 13.2 Å². The highest BCUT2D eigenvalue weighted by atomic mass is 35.5. The van der Waals surface area contributed by atoms with Gasteiger partial charge in [0.25, 0.3) is 0 Å². The molecule has 1 fully saturated rings. The normalized spacial score (nSPS) is 23.3. The molecule has 1 atom stereocenters. The van der Waals surface area contributed by atoms with Gasteiger partial charge in [0.1, 0.15) is 0 Å². The van der Waals surface area contributed by atoms with Gasteiger partial charge in [0.05, 0.1) is 13.2 Å². The van der Waals surface area contributed by atoms with Crippen molar-refractivity contribution in [2.75, 3.05) is 26.2 Å². The van der Waals surface area contributed by atoms with Crippen molar-refractivity contribution >= 4 is 18.4 Å². The Morgan fingerprint density at radius 1 is 1.53 bits per heavy atom. The Labute approximate surface area is 90.4 Å². The smallest absolute Gasteiger partial charge is 0.415 e. The lowest BCUT2D eigenvalue weighted by Crippen LogP contribution is -2.50. The maximum atomic E-state index is 12.2. The van der Waals surface area contributed by atoms with Gasteiger partial charge in [0, 0.05) is 13.1 Å². The average molecular weight is 250 g/mol. The molecule has 1 rings (SSSR count). The molecule has 0 aromatic heterocycles. The minimum atomic E-state index is -4.42. The van der Waals surface area contributed by atoms with Crippen LogP contribution in [0.15, 0.2) is 0 Å². The van der Waals surface area contributed by atoms with Crippen LogP contribution in [0.3, 0.4) is 0 Å². The molecule has 1 N–H and O–H groups in total. The van der Waals surface area contributed by atoms with Crippen molar-refractivity contribution in [3.05, 3.63) is 0 Å². The number of nitrogens with zero attached hydrogens (tertiary/aromatic N) is 1. The largest absolute Gasteiger partial charge is 0.480 e. The van der Waals surface area contributed by atoms with Crippen molar-refractivity contribution in [2.24, 2.45) is 0 Å². The Morgan fingerprint density at radius 2 is 2.13 bits per heavy atom. The number of ether oxygens (including phenoxy) is 1. The topological polar surface area (TPSA) is 49.8 Å². The van der Waals surface area contributed by atoms with Gasteiger partial charge in [-0.1, -0.05) is 0 Å². The summed E-state index contributed by atoms with van der Waals surface area (Å²) in [6.07, 6.45) is -6.28. The summed E-state index contributed by atoms with van der Waals surface area (Å²) in [5.74, 6) is -1.13. The van der Waals surface area contributed by atoms with E-state index in [0.717, 1.165) is 0 Å².